The van der Waals surface area contributed by atoms with Gasteiger partial charge in [0, 0.05) is 6.04 Å². The summed E-state index contributed by atoms with van der Waals surface area (Å²) in [4.78, 5) is 0. The van der Waals surface area contributed by atoms with Gasteiger partial charge in [0.25, 0.3) is 0 Å². The molecule has 0 aromatic heterocycles. The zero-order chi connectivity index (χ0) is 13.9. The highest BCUT2D eigenvalue weighted by molar-refractivity contribution is 4.86. The Bertz CT molecular complexity index is 238. The zero-order valence-corrected chi connectivity index (χ0v) is 13.7. The molecule has 0 spiro atoms. The van der Waals surface area contributed by atoms with E-state index in [9.17, 15) is 0 Å². The summed E-state index contributed by atoms with van der Waals surface area (Å²) in [5.41, 5.74) is 0.417. The molecule has 4 atom stereocenters. The predicted molar refractivity (Wildman–Crippen MR) is 81.8 cm³/mol. The van der Waals surface area contributed by atoms with E-state index in [0.717, 1.165) is 29.7 Å². The highest BCUT2D eigenvalue weighted by Gasteiger charge is 2.31. The van der Waals surface area contributed by atoms with Crippen molar-refractivity contribution in [3.63, 3.8) is 0 Å². The van der Waals surface area contributed by atoms with Gasteiger partial charge in [0.05, 0.1) is 0 Å². The maximum absolute atomic E-state index is 3.89. The van der Waals surface area contributed by atoms with Crippen molar-refractivity contribution in [3.05, 3.63) is 0 Å². The van der Waals surface area contributed by atoms with Crippen LogP contribution in [0.15, 0.2) is 0 Å². The fourth-order valence-electron chi connectivity index (χ4n) is 3.07. The summed E-state index contributed by atoms with van der Waals surface area (Å²) in [6.07, 6.45) is 4.22. The number of rotatable bonds is 4. The van der Waals surface area contributed by atoms with Crippen molar-refractivity contribution in [2.24, 2.45) is 29.1 Å². The molecule has 1 fully saturated rings. The first-order chi connectivity index (χ1) is 8.21. The van der Waals surface area contributed by atoms with E-state index in [1.54, 1.807) is 0 Å². The van der Waals surface area contributed by atoms with Crippen LogP contribution in [-0.2, 0) is 0 Å². The Morgan fingerprint density at radius 1 is 1.11 bits per heavy atom. The van der Waals surface area contributed by atoms with E-state index in [4.69, 9.17) is 0 Å². The molecule has 0 radical (unpaired) electrons. The SMILES string of the molecule is CC1CCC(C(C)C)C(NCC(C)C(C)(C)C)C1. The van der Waals surface area contributed by atoms with Gasteiger partial charge in [0.15, 0.2) is 0 Å². The normalized spacial score (nSPS) is 31.7. The van der Waals surface area contributed by atoms with Crippen LogP contribution in [0.2, 0.25) is 0 Å². The first-order valence-corrected chi connectivity index (χ1v) is 7.95. The lowest BCUT2D eigenvalue weighted by Crippen LogP contribution is -2.45. The molecule has 0 bridgehead atoms. The van der Waals surface area contributed by atoms with Crippen molar-refractivity contribution >= 4 is 0 Å². The van der Waals surface area contributed by atoms with Gasteiger partial charge in [0.2, 0.25) is 0 Å². The molecule has 1 aliphatic rings. The predicted octanol–water partition coefficient (Wildman–Crippen LogP) is 4.72. The van der Waals surface area contributed by atoms with E-state index in [-0.39, 0.29) is 0 Å². The van der Waals surface area contributed by atoms with Crippen LogP contribution in [0.5, 0.6) is 0 Å². The second kappa shape index (κ2) is 6.41. The highest BCUT2D eigenvalue weighted by atomic mass is 14.9. The summed E-state index contributed by atoms with van der Waals surface area (Å²) in [6, 6.07) is 0.749. The van der Waals surface area contributed by atoms with Crippen molar-refractivity contribution in [1.29, 1.82) is 0 Å². The molecule has 0 aliphatic heterocycles. The standard InChI is InChI=1S/C17H35N/c1-12(2)15-9-8-13(3)10-16(15)18-11-14(4)17(5,6)7/h12-16,18H,8-11H2,1-7H3. The van der Waals surface area contributed by atoms with Gasteiger partial charge in [-0.1, -0.05) is 54.9 Å². The van der Waals surface area contributed by atoms with Gasteiger partial charge in [-0.15, -0.1) is 0 Å². The minimum Gasteiger partial charge on any atom is -0.313 e. The van der Waals surface area contributed by atoms with E-state index in [2.05, 4.69) is 53.8 Å². The topological polar surface area (TPSA) is 12.0 Å². The van der Waals surface area contributed by atoms with Crippen LogP contribution in [-0.4, -0.2) is 12.6 Å². The van der Waals surface area contributed by atoms with Gasteiger partial charge in [-0.25, -0.2) is 0 Å². The van der Waals surface area contributed by atoms with Gasteiger partial charge < -0.3 is 5.32 Å². The molecular formula is C17H35N. The van der Waals surface area contributed by atoms with Crippen LogP contribution in [0.25, 0.3) is 0 Å². The maximum atomic E-state index is 3.89. The van der Waals surface area contributed by atoms with E-state index in [1.165, 1.54) is 25.8 Å². The van der Waals surface area contributed by atoms with Gasteiger partial charge in [0.1, 0.15) is 0 Å². The quantitative estimate of drug-likeness (QED) is 0.764. The van der Waals surface area contributed by atoms with Crippen LogP contribution < -0.4 is 5.32 Å². The molecule has 0 heterocycles. The summed E-state index contributed by atoms with van der Waals surface area (Å²) in [7, 11) is 0. The van der Waals surface area contributed by atoms with Gasteiger partial charge in [-0.05, 0) is 48.5 Å². The molecule has 0 aromatic rings. The molecule has 108 valence electrons. The summed E-state index contributed by atoms with van der Waals surface area (Å²) < 4.78 is 0. The van der Waals surface area contributed by atoms with Crippen molar-refractivity contribution < 1.29 is 0 Å². The first kappa shape index (κ1) is 16.0. The fourth-order valence-corrected chi connectivity index (χ4v) is 3.07. The average Bonchev–Trinajstić information content (AvgIpc) is 2.24. The number of nitrogens with one attached hydrogen (secondary N) is 1. The number of hydrogen-bond acceptors (Lipinski definition) is 1. The Morgan fingerprint density at radius 2 is 1.72 bits per heavy atom. The molecule has 0 saturated heterocycles. The molecule has 18 heavy (non-hydrogen) atoms. The third kappa shape index (κ3) is 4.57. The molecule has 1 saturated carbocycles. The van der Waals surface area contributed by atoms with Crippen molar-refractivity contribution in [2.75, 3.05) is 6.54 Å². The molecule has 0 aromatic carbocycles. The average molecular weight is 253 g/mol. The van der Waals surface area contributed by atoms with Crippen molar-refractivity contribution in [1.82, 2.24) is 5.32 Å². The minimum absolute atomic E-state index is 0.417. The zero-order valence-electron chi connectivity index (χ0n) is 13.7. The van der Waals surface area contributed by atoms with Gasteiger partial charge in [-0.2, -0.15) is 0 Å². The van der Waals surface area contributed by atoms with Crippen LogP contribution in [0.1, 0.15) is 67.7 Å². The first-order valence-electron chi connectivity index (χ1n) is 7.95. The molecule has 1 rings (SSSR count). The second-order valence-corrected chi connectivity index (χ2v) is 8.11. The lowest BCUT2D eigenvalue weighted by molar-refractivity contribution is 0.153. The summed E-state index contributed by atoms with van der Waals surface area (Å²) in [5.74, 6) is 3.35. The lowest BCUT2D eigenvalue weighted by Gasteiger charge is -2.39. The van der Waals surface area contributed by atoms with Crippen molar-refractivity contribution in [2.45, 2.75) is 73.8 Å². The van der Waals surface area contributed by atoms with Crippen LogP contribution in [0.3, 0.4) is 0 Å². The summed E-state index contributed by atoms with van der Waals surface area (Å²) in [5, 5.41) is 3.89. The smallest absolute Gasteiger partial charge is 0.0100 e. The van der Waals surface area contributed by atoms with Gasteiger partial charge in [-0.3, -0.25) is 0 Å². The van der Waals surface area contributed by atoms with E-state index in [0.29, 0.717) is 5.41 Å². The Morgan fingerprint density at radius 3 is 2.22 bits per heavy atom. The Hall–Kier alpha value is -0.0400. The second-order valence-electron chi connectivity index (χ2n) is 8.11. The van der Waals surface area contributed by atoms with E-state index in [1.807, 2.05) is 0 Å². The largest absolute Gasteiger partial charge is 0.313 e. The highest BCUT2D eigenvalue weighted by Crippen LogP contribution is 2.34. The van der Waals surface area contributed by atoms with Crippen LogP contribution in [0.4, 0.5) is 0 Å². The van der Waals surface area contributed by atoms with Gasteiger partial charge >= 0.3 is 0 Å². The van der Waals surface area contributed by atoms with E-state index >= 15 is 0 Å². The number of hydrogen-bond donors (Lipinski definition) is 1. The summed E-state index contributed by atoms with van der Waals surface area (Å²) in [6.45, 7) is 17.8. The molecule has 1 heteroatoms. The third-order valence-corrected chi connectivity index (χ3v) is 5.19. The Kier molecular flexibility index (Phi) is 5.70. The molecule has 1 aliphatic carbocycles. The lowest BCUT2D eigenvalue weighted by atomic mass is 9.73. The van der Waals surface area contributed by atoms with E-state index < -0.39 is 0 Å². The Balaban J connectivity index is 2.51. The molecule has 4 unspecified atom stereocenters. The summed E-state index contributed by atoms with van der Waals surface area (Å²) >= 11 is 0. The monoisotopic (exact) mass is 253 g/mol. The maximum Gasteiger partial charge on any atom is 0.0100 e. The van der Waals surface area contributed by atoms with Crippen LogP contribution >= 0.6 is 0 Å². The van der Waals surface area contributed by atoms with Crippen LogP contribution in [0, 0.1) is 29.1 Å². The molecule has 1 N–H and O–H groups in total. The molecule has 0 amide bonds. The minimum atomic E-state index is 0.417. The van der Waals surface area contributed by atoms with Crippen molar-refractivity contribution in [3.8, 4) is 0 Å². The third-order valence-electron chi connectivity index (χ3n) is 5.19. The fraction of sp³-hybridized carbons (Fsp3) is 1.00. The molecule has 1 nitrogen and oxygen atoms in total. The Labute approximate surface area is 115 Å². The molecular weight excluding hydrogens is 218 g/mol.